The molecule has 4 heteroatoms. The molecule has 1 fully saturated rings. The monoisotopic (exact) mass is 185 g/mol. The van der Waals surface area contributed by atoms with Gasteiger partial charge >= 0.3 is 5.97 Å². The summed E-state index contributed by atoms with van der Waals surface area (Å²) in [7, 11) is 0. The van der Waals surface area contributed by atoms with Crippen LogP contribution < -0.4 is 5.32 Å². The Hall–Kier alpha value is -1.06. The van der Waals surface area contributed by atoms with Gasteiger partial charge in [0, 0.05) is 5.54 Å². The van der Waals surface area contributed by atoms with Crippen LogP contribution in [0.15, 0.2) is 0 Å². The molecule has 1 amide bonds. The van der Waals surface area contributed by atoms with Gasteiger partial charge in [0.2, 0.25) is 5.91 Å². The predicted molar refractivity (Wildman–Crippen MR) is 47.1 cm³/mol. The molecule has 13 heavy (non-hydrogen) atoms. The Bertz CT molecular complexity index is 242. The zero-order valence-corrected chi connectivity index (χ0v) is 8.13. The maximum Gasteiger partial charge on any atom is 0.307 e. The van der Waals surface area contributed by atoms with Crippen molar-refractivity contribution >= 4 is 11.9 Å². The fourth-order valence-electron chi connectivity index (χ4n) is 1.22. The fourth-order valence-corrected chi connectivity index (χ4v) is 1.22. The van der Waals surface area contributed by atoms with Gasteiger partial charge in [-0.05, 0) is 27.2 Å². The summed E-state index contributed by atoms with van der Waals surface area (Å²) in [4.78, 5) is 21.8. The van der Waals surface area contributed by atoms with E-state index in [1.807, 2.05) is 20.8 Å². The molecule has 0 radical (unpaired) electrons. The van der Waals surface area contributed by atoms with Gasteiger partial charge in [-0.1, -0.05) is 0 Å². The molecule has 0 spiro atoms. The van der Waals surface area contributed by atoms with Gasteiger partial charge in [0.25, 0.3) is 0 Å². The van der Waals surface area contributed by atoms with Crippen molar-refractivity contribution in [1.29, 1.82) is 0 Å². The highest BCUT2D eigenvalue weighted by Crippen LogP contribution is 2.38. The van der Waals surface area contributed by atoms with Gasteiger partial charge in [0.15, 0.2) is 0 Å². The van der Waals surface area contributed by atoms with E-state index in [1.165, 1.54) is 0 Å². The molecule has 2 unspecified atom stereocenters. The Morgan fingerprint density at radius 1 is 1.31 bits per heavy atom. The minimum Gasteiger partial charge on any atom is -0.481 e. The number of aliphatic carboxylic acids is 1. The Balaban J connectivity index is 2.40. The van der Waals surface area contributed by atoms with Crippen LogP contribution in [0.1, 0.15) is 27.2 Å². The van der Waals surface area contributed by atoms with E-state index < -0.39 is 11.9 Å². The second-order valence-electron chi connectivity index (χ2n) is 4.53. The number of carboxylic acids is 1. The van der Waals surface area contributed by atoms with Gasteiger partial charge in [0.05, 0.1) is 11.8 Å². The smallest absolute Gasteiger partial charge is 0.307 e. The summed E-state index contributed by atoms with van der Waals surface area (Å²) in [5, 5.41) is 11.4. The van der Waals surface area contributed by atoms with Crippen molar-refractivity contribution < 1.29 is 14.7 Å². The van der Waals surface area contributed by atoms with Gasteiger partial charge in [-0.2, -0.15) is 0 Å². The maximum absolute atomic E-state index is 11.4. The van der Waals surface area contributed by atoms with E-state index in [0.717, 1.165) is 0 Å². The first kappa shape index (κ1) is 10.0. The highest BCUT2D eigenvalue weighted by molar-refractivity contribution is 5.89. The van der Waals surface area contributed by atoms with Crippen LogP contribution in [0.25, 0.3) is 0 Å². The lowest BCUT2D eigenvalue weighted by Crippen LogP contribution is -2.41. The first-order valence-electron chi connectivity index (χ1n) is 4.36. The molecular formula is C9H15NO3. The molecule has 1 aliphatic rings. The van der Waals surface area contributed by atoms with E-state index in [0.29, 0.717) is 6.42 Å². The standard InChI is InChI=1S/C9H15NO3/c1-9(2,3)10-7(11)5-4-6(5)8(12)13/h5-6H,4H2,1-3H3,(H,10,11)(H,12,13). The number of carboxylic acid groups (broad SMARTS) is 1. The van der Waals surface area contributed by atoms with E-state index in [4.69, 9.17) is 5.11 Å². The first-order chi connectivity index (χ1) is 5.81. The summed E-state index contributed by atoms with van der Waals surface area (Å²) in [6.07, 6.45) is 0.483. The number of hydrogen-bond donors (Lipinski definition) is 2. The van der Waals surface area contributed by atoms with E-state index in [1.54, 1.807) is 0 Å². The van der Waals surface area contributed by atoms with Crippen LogP contribution in [0.5, 0.6) is 0 Å². The van der Waals surface area contributed by atoms with Gasteiger partial charge in [-0.3, -0.25) is 9.59 Å². The molecule has 2 atom stereocenters. The lowest BCUT2D eigenvalue weighted by atomic mass is 10.1. The van der Waals surface area contributed by atoms with Crippen LogP contribution >= 0.6 is 0 Å². The summed E-state index contributed by atoms with van der Waals surface area (Å²) in [6, 6.07) is 0. The number of nitrogens with one attached hydrogen (secondary N) is 1. The van der Waals surface area contributed by atoms with Crippen LogP contribution in [-0.2, 0) is 9.59 Å². The molecule has 1 aliphatic carbocycles. The fraction of sp³-hybridized carbons (Fsp3) is 0.778. The summed E-state index contributed by atoms with van der Waals surface area (Å²) in [6.45, 7) is 5.63. The molecule has 0 aromatic heterocycles. The van der Waals surface area contributed by atoms with Crippen molar-refractivity contribution in [2.24, 2.45) is 11.8 Å². The van der Waals surface area contributed by atoms with Crippen LogP contribution in [-0.4, -0.2) is 22.5 Å². The van der Waals surface area contributed by atoms with Crippen LogP contribution in [0.4, 0.5) is 0 Å². The second kappa shape index (κ2) is 3.01. The van der Waals surface area contributed by atoms with Gasteiger partial charge < -0.3 is 10.4 Å². The summed E-state index contributed by atoms with van der Waals surface area (Å²) < 4.78 is 0. The van der Waals surface area contributed by atoms with E-state index in [2.05, 4.69) is 5.32 Å². The van der Waals surface area contributed by atoms with E-state index in [-0.39, 0.29) is 17.4 Å². The largest absolute Gasteiger partial charge is 0.481 e. The third-order valence-electron chi connectivity index (χ3n) is 1.94. The Morgan fingerprint density at radius 3 is 2.15 bits per heavy atom. The zero-order valence-electron chi connectivity index (χ0n) is 8.13. The van der Waals surface area contributed by atoms with Crippen molar-refractivity contribution in [3.8, 4) is 0 Å². The molecule has 0 saturated heterocycles. The molecule has 4 nitrogen and oxygen atoms in total. The van der Waals surface area contributed by atoms with Crippen molar-refractivity contribution in [3.05, 3.63) is 0 Å². The number of amides is 1. The van der Waals surface area contributed by atoms with Crippen molar-refractivity contribution in [2.45, 2.75) is 32.7 Å². The molecule has 0 aromatic rings. The van der Waals surface area contributed by atoms with E-state index >= 15 is 0 Å². The lowest BCUT2D eigenvalue weighted by Gasteiger charge is -2.20. The first-order valence-corrected chi connectivity index (χ1v) is 4.36. The minimum absolute atomic E-state index is 0.139. The Labute approximate surface area is 77.3 Å². The van der Waals surface area contributed by atoms with Crippen molar-refractivity contribution in [2.75, 3.05) is 0 Å². The highest BCUT2D eigenvalue weighted by atomic mass is 16.4. The molecule has 1 rings (SSSR count). The average molecular weight is 185 g/mol. The number of rotatable bonds is 2. The number of carbonyl (C=O) groups excluding carboxylic acids is 1. The predicted octanol–water partition coefficient (Wildman–Crippen LogP) is 0.622. The molecule has 0 bridgehead atoms. The molecule has 0 aliphatic heterocycles. The summed E-state index contributed by atoms with van der Waals surface area (Å²) >= 11 is 0. The molecular weight excluding hydrogens is 170 g/mol. The number of carbonyl (C=O) groups is 2. The molecule has 2 N–H and O–H groups in total. The van der Waals surface area contributed by atoms with Crippen LogP contribution in [0.3, 0.4) is 0 Å². The Kier molecular flexibility index (Phi) is 2.32. The van der Waals surface area contributed by atoms with Crippen LogP contribution in [0, 0.1) is 11.8 Å². The quantitative estimate of drug-likeness (QED) is 0.662. The van der Waals surface area contributed by atoms with Gasteiger partial charge in [-0.25, -0.2) is 0 Å². The zero-order chi connectivity index (χ0) is 10.2. The SMILES string of the molecule is CC(C)(C)NC(=O)C1CC1C(=O)O. The third-order valence-corrected chi connectivity index (χ3v) is 1.94. The van der Waals surface area contributed by atoms with Crippen molar-refractivity contribution in [1.82, 2.24) is 5.32 Å². The maximum atomic E-state index is 11.4. The van der Waals surface area contributed by atoms with Gasteiger partial charge in [0.1, 0.15) is 0 Å². The van der Waals surface area contributed by atoms with E-state index in [9.17, 15) is 9.59 Å². The highest BCUT2D eigenvalue weighted by Gasteiger charge is 2.48. The summed E-state index contributed by atoms with van der Waals surface area (Å²) in [5.74, 6) is -1.77. The molecule has 0 heterocycles. The van der Waals surface area contributed by atoms with Gasteiger partial charge in [-0.15, -0.1) is 0 Å². The van der Waals surface area contributed by atoms with Crippen molar-refractivity contribution in [3.63, 3.8) is 0 Å². The average Bonchev–Trinajstić information content (AvgIpc) is 2.58. The lowest BCUT2D eigenvalue weighted by molar-refractivity contribution is -0.140. The topological polar surface area (TPSA) is 66.4 Å². The molecule has 0 aromatic carbocycles. The minimum atomic E-state index is -0.867. The third kappa shape index (κ3) is 2.72. The Morgan fingerprint density at radius 2 is 1.85 bits per heavy atom. The molecule has 74 valence electrons. The second-order valence-corrected chi connectivity index (χ2v) is 4.53. The normalized spacial score (nSPS) is 26.7. The molecule has 1 saturated carbocycles. The number of hydrogen-bond acceptors (Lipinski definition) is 2. The van der Waals surface area contributed by atoms with Crippen LogP contribution in [0.2, 0.25) is 0 Å². The summed E-state index contributed by atoms with van der Waals surface area (Å²) in [5.41, 5.74) is -0.275.